The summed E-state index contributed by atoms with van der Waals surface area (Å²) in [4.78, 5) is 8.68. The minimum absolute atomic E-state index is 0.282. The van der Waals surface area contributed by atoms with Crippen molar-refractivity contribution in [2.24, 2.45) is 5.92 Å². The van der Waals surface area contributed by atoms with Gasteiger partial charge in [-0.3, -0.25) is 4.98 Å². The number of fused-ring (bicyclic) bond motifs is 7. The molecule has 0 bridgehead atoms. The predicted molar refractivity (Wildman–Crippen MR) is 132 cm³/mol. The Morgan fingerprint density at radius 3 is 2.53 bits per heavy atom. The Morgan fingerprint density at radius 1 is 0.781 bits per heavy atom. The fourth-order valence-electron chi connectivity index (χ4n) is 6.11. The van der Waals surface area contributed by atoms with Gasteiger partial charge in [0.05, 0.1) is 11.1 Å². The lowest BCUT2D eigenvalue weighted by atomic mass is 9.63. The van der Waals surface area contributed by atoms with Crippen LogP contribution < -0.4 is 0 Å². The molecule has 3 aromatic carbocycles. The Balaban J connectivity index is 1.72. The number of hydrogen-bond acceptors (Lipinski definition) is 1. The molecule has 2 unspecified atom stereocenters. The molecule has 0 amide bonds. The molecule has 5 aromatic rings. The van der Waals surface area contributed by atoms with Crippen molar-refractivity contribution in [3.8, 4) is 11.1 Å². The number of H-pyrrole nitrogens is 1. The molecule has 1 N–H and O–H groups in total. The molecule has 2 heteroatoms. The van der Waals surface area contributed by atoms with Crippen molar-refractivity contribution >= 4 is 21.8 Å². The van der Waals surface area contributed by atoms with Gasteiger partial charge in [-0.15, -0.1) is 0 Å². The lowest BCUT2D eigenvalue weighted by Gasteiger charge is -2.39. The number of hydrogen-bond donors (Lipinski definition) is 1. The third kappa shape index (κ3) is 2.17. The molecule has 0 aliphatic heterocycles. The van der Waals surface area contributed by atoms with Crippen LogP contribution >= 0.6 is 0 Å². The Hall–Kier alpha value is -3.91. The van der Waals surface area contributed by atoms with Crippen LogP contribution in [0.3, 0.4) is 0 Å². The smallest absolute Gasteiger partial charge is 0.0708 e. The average Bonchev–Trinajstić information content (AvgIpc) is 3.39. The summed E-state index contributed by atoms with van der Waals surface area (Å²) in [5.74, 6) is 0.282. The Morgan fingerprint density at radius 2 is 1.66 bits per heavy atom. The van der Waals surface area contributed by atoms with Crippen molar-refractivity contribution in [3.05, 3.63) is 126 Å². The highest BCUT2D eigenvalue weighted by atomic mass is 14.7. The first-order valence-electron chi connectivity index (χ1n) is 11.3. The van der Waals surface area contributed by atoms with E-state index in [1.807, 2.05) is 12.3 Å². The second kappa shape index (κ2) is 6.54. The van der Waals surface area contributed by atoms with Crippen LogP contribution in [0.2, 0.25) is 0 Å². The highest BCUT2D eigenvalue weighted by Crippen LogP contribution is 2.59. The average molecular weight is 411 g/mol. The summed E-state index contributed by atoms with van der Waals surface area (Å²) in [6.45, 7) is 0. The van der Waals surface area contributed by atoms with E-state index in [0.29, 0.717) is 0 Å². The topological polar surface area (TPSA) is 28.7 Å². The van der Waals surface area contributed by atoms with E-state index in [1.165, 1.54) is 44.1 Å². The number of aromatic nitrogens is 2. The maximum Gasteiger partial charge on any atom is 0.0708 e. The number of para-hydroxylation sites is 1. The van der Waals surface area contributed by atoms with Crippen LogP contribution in [-0.2, 0) is 5.41 Å². The van der Waals surface area contributed by atoms with Gasteiger partial charge in [0.25, 0.3) is 0 Å². The monoisotopic (exact) mass is 410 g/mol. The van der Waals surface area contributed by atoms with Crippen molar-refractivity contribution in [3.63, 3.8) is 0 Å². The SMILES string of the molecule is C1=CCC(C2(c3ccccn3)c3ccccc3-c3ccc4[nH]c5ccccc5c4c32)C=C1. The van der Waals surface area contributed by atoms with Gasteiger partial charge in [0.2, 0.25) is 0 Å². The summed E-state index contributed by atoms with van der Waals surface area (Å²) in [5.41, 5.74) is 8.53. The molecule has 0 saturated heterocycles. The number of aromatic amines is 1. The molecule has 2 aliphatic rings. The van der Waals surface area contributed by atoms with Crippen LogP contribution in [0, 0.1) is 5.92 Å². The highest BCUT2D eigenvalue weighted by Gasteiger charge is 2.51. The first kappa shape index (κ1) is 17.7. The Labute approximate surface area is 187 Å². The van der Waals surface area contributed by atoms with E-state index in [2.05, 4.69) is 102 Å². The van der Waals surface area contributed by atoms with Gasteiger partial charge >= 0.3 is 0 Å². The molecular formula is C30H22N2. The van der Waals surface area contributed by atoms with Crippen molar-refractivity contribution in [2.75, 3.05) is 0 Å². The Kier molecular flexibility index (Phi) is 3.63. The van der Waals surface area contributed by atoms with Crippen molar-refractivity contribution in [1.29, 1.82) is 0 Å². The molecule has 2 atom stereocenters. The van der Waals surface area contributed by atoms with Crippen LogP contribution in [-0.4, -0.2) is 9.97 Å². The maximum atomic E-state index is 5.01. The molecular weight excluding hydrogens is 388 g/mol. The van der Waals surface area contributed by atoms with E-state index >= 15 is 0 Å². The molecule has 0 fully saturated rings. The third-order valence-electron chi connectivity index (χ3n) is 7.31. The molecule has 7 rings (SSSR count). The highest BCUT2D eigenvalue weighted by molar-refractivity contribution is 6.13. The van der Waals surface area contributed by atoms with Crippen LogP contribution in [0.1, 0.15) is 23.2 Å². The third-order valence-corrected chi connectivity index (χ3v) is 7.31. The molecule has 152 valence electrons. The number of nitrogens with zero attached hydrogens (tertiary/aromatic N) is 1. The number of allylic oxidation sites excluding steroid dienone is 4. The van der Waals surface area contributed by atoms with Crippen LogP contribution in [0.4, 0.5) is 0 Å². The number of rotatable bonds is 2. The molecule has 2 aliphatic carbocycles. The maximum absolute atomic E-state index is 5.01. The van der Waals surface area contributed by atoms with Gasteiger partial charge in [-0.25, -0.2) is 0 Å². The largest absolute Gasteiger partial charge is 0.355 e. The van der Waals surface area contributed by atoms with E-state index in [4.69, 9.17) is 4.98 Å². The molecule has 0 spiro atoms. The number of pyridine rings is 1. The number of benzene rings is 3. The van der Waals surface area contributed by atoms with E-state index in [1.54, 1.807) is 0 Å². The molecule has 2 heterocycles. The summed E-state index contributed by atoms with van der Waals surface area (Å²) >= 11 is 0. The lowest BCUT2D eigenvalue weighted by molar-refractivity contribution is 0.449. The molecule has 2 nitrogen and oxygen atoms in total. The van der Waals surface area contributed by atoms with Gasteiger partial charge in [0, 0.05) is 28.0 Å². The minimum atomic E-state index is -0.348. The van der Waals surface area contributed by atoms with Crippen molar-refractivity contribution < 1.29 is 0 Å². The summed E-state index contributed by atoms with van der Waals surface area (Å²) in [6, 6.07) is 28.5. The zero-order valence-electron chi connectivity index (χ0n) is 17.6. The van der Waals surface area contributed by atoms with Crippen LogP contribution in [0.25, 0.3) is 32.9 Å². The van der Waals surface area contributed by atoms with Gasteiger partial charge in [0.1, 0.15) is 0 Å². The minimum Gasteiger partial charge on any atom is -0.355 e. The first-order valence-corrected chi connectivity index (χ1v) is 11.3. The van der Waals surface area contributed by atoms with Crippen LogP contribution in [0.5, 0.6) is 0 Å². The molecule has 2 aromatic heterocycles. The van der Waals surface area contributed by atoms with E-state index in [-0.39, 0.29) is 11.3 Å². The van der Waals surface area contributed by atoms with Crippen LogP contribution in [0.15, 0.2) is 109 Å². The van der Waals surface area contributed by atoms with E-state index in [9.17, 15) is 0 Å². The summed E-state index contributed by atoms with van der Waals surface area (Å²) in [7, 11) is 0. The quantitative estimate of drug-likeness (QED) is 0.328. The number of nitrogens with one attached hydrogen (secondary N) is 1. The van der Waals surface area contributed by atoms with Gasteiger partial charge in [-0.2, -0.15) is 0 Å². The van der Waals surface area contributed by atoms with Gasteiger partial charge in [0.15, 0.2) is 0 Å². The zero-order chi connectivity index (χ0) is 21.1. The lowest BCUT2D eigenvalue weighted by Crippen LogP contribution is -2.36. The second-order valence-electron chi connectivity index (χ2n) is 8.81. The normalized spacial score (nSPS) is 21.2. The summed E-state index contributed by atoms with van der Waals surface area (Å²) in [5, 5.41) is 2.60. The zero-order valence-corrected chi connectivity index (χ0v) is 17.6. The fourth-order valence-corrected chi connectivity index (χ4v) is 6.11. The van der Waals surface area contributed by atoms with E-state index in [0.717, 1.165) is 12.1 Å². The van der Waals surface area contributed by atoms with Gasteiger partial charge < -0.3 is 4.98 Å². The standard InChI is InChI=1S/C30H22N2/c1-2-10-20(11-3-1)30(27-16-8-9-19-31-27)24-14-6-4-12-21(24)22-17-18-26-28(29(22)30)23-13-5-7-15-25(23)32-26/h1-10,12-20,32H,11H2. The summed E-state index contributed by atoms with van der Waals surface area (Å²) in [6.07, 6.45) is 12.0. The van der Waals surface area contributed by atoms with E-state index < -0.39 is 0 Å². The predicted octanol–water partition coefficient (Wildman–Crippen LogP) is 7.16. The first-order chi connectivity index (χ1) is 15.9. The summed E-state index contributed by atoms with van der Waals surface area (Å²) < 4.78 is 0. The second-order valence-corrected chi connectivity index (χ2v) is 8.81. The van der Waals surface area contributed by atoms with Crippen molar-refractivity contribution in [2.45, 2.75) is 11.8 Å². The Bertz CT molecular complexity index is 1550. The fraction of sp³-hybridized carbons (Fsp3) is 0.100. The molecule has 32 heavy (non-hydrogen) atoms. The van der Waals surface area contributed by atoms with Crippen molar-refractivity contribution in [1.82, 2.24) is 9.97 Å². The van der Waals surface area contributed by atoms with Gasteiger partial charge in [-0.05, 0) is 58.9 Å². The molecule has 0 saturated carbocycles. The van der Waals surface area contributed by atoms with Gasteiger partial charge in [-0.1, -0.05) is 78.9 Å². The molecule has 0 radical (unpaired) electrons.